The van der Waals surface area contributed by atoms with Crippen molar-refractivity contribution in [1.29, 1.82) is 5.26 Å². The molecule has 0 aromatic heterocycles. The lowest BCUT2D eigenvalue weighted by molar-refractivity contribution is -0.117. The summed E-state index contributed by atoms with van der Waals surface area (Å²) in [5.41, 5.74) is 0.261. The Labute approximate surface area is 135 Å². The molecule has 1 aromatic carbocycles. The molecule has 1 aliphatic heterocycles. The van der Waals surface area contributed by atoms with E-state index in [0.29, 0.717) is 16.9 Å². The number of guanidine groups is 1. The number of carbonyl (C=O) groups excluding carboxylic acids is 1. The van der Waals surface area contributed by atoms with Gasteiger partial charge in [-0.05, 0) is 32.0 Å². The highest BCUT2D eigenvalue weighted by Crippen LogP contribution is 2.40. The van der Waals surface area contributed by atoms with Crippen LogP contribution in [0.2, 0.25) is 0 Å². The van der Waals surface area contributed by atoms with Crippen LogP contribution in [0.4, 0.5) is 0 Å². The van der Waals surface area contributed by atoms with E-state index in [4.69, 9.17) is 10.00 Å². The summed E-state index contributed by atoms with van der Waals surface area (Å²) in [6.45, 7) is 4.92. The van der Waals surface area contributed by atoms with Crippen molar-refractivity contribution in [2.24, 2.45) is 4.99 Å². The first-order chi connectivity index (χ1) is 10.8. The monoisotopic (exact) mass is 316 g/mol. The number of nitriles is 1. The second kappa shape index (κ2) is 6.26. The number of rotatable bonds is 1. The molecule has 0 aliphatic carbocycles. The number of amides is 1. The van der Waals surface area contributed by atoms with Crippen LogP contribution in [0.15, 0.2) is 23.2 Å². The number of carbonyl (C=O) groups is 1. The fourth-order valence-electron chi connectivity index (χ4n) is 2.50. The minimum Gasteiger partial charge on any atom is -0.485 e. The molecule has 0 radical (unpaired) electrons. The van der Waals surface area contributed by atoms with Crippen molar-refractivity contribution >= 4 is 11.9 Å². The second-order valence-electron chi connectivity index (χ2n) is 5.89. The van der Waals surface area contributed by atoms with Gasteiger partial charge in [-0.15, -0.1) is 0 Å². The largest absolute Gasteiger partial charge is 0.485 e. The highest BCUT2D eigenvalue weighted by molar-refractivity contribution is 5.96. The van der Waals surface area contributed by atoms with Gasteiger partial charge in [-0.1, -0.05) is 0 Å². The summed E-state index contributed by atoms with van der Waals surface area (Å²) in [4.78, 5) is 15.2. The van der Waals surface area contributed by atoms with Gasteiger partial charge in [-0.25, -0.2) is 0 Å². The Balaban J connectivity index is 2.44. The third-order valence-corrected chi connectivity index (χ3v) is 3.69. The molecule has 2 rings (SSSR count). The van der Waals surface area contributed by atoms with Crippen molar-refractivity contribution in [3.8, 4) is 11.8 Å². The smallest absolute Gasteiger partial charge is 0.223 e. The van der Waals surface area contributed by atoms with Crippen molar-refractivity contribution in [3.63, 3.8) is 0 Å². The Kier molecular flexibility index (Phi) is 4.57. The van der Waals surface area contributed by atoms with Crippen molar-refractivity contribution in [2.75, 3.05) is 7.05 Å². The standard InChI is InChI=1S/C16H20N4O3/c1-9(21)19-15(18-4)20-13-11-7-10(8-17)5-6-12(11)23-16(2,3)14(13)22/h5-7,13-14,22H,1-4H3,(H2,18,19,20,21)/t13?,14-/m0/s1. The quantitative estimate of drug-likeness (QED) is 0.526. The molecule has 0 fully saturated rings. The normalized spacial score (nSPS) is 22.3. The highest BCUT2D eigenvalue weighted by atomic mass is 16.5. The van der Waals surface area contributed by atoms with Crippen LogP contribution in [0.1, 0.15) is 37.9 Å². The molecule has 1 heterocycles. The zero-order valence-electron chi connectivity index (χ0n) is 13.5. The number of nitrogens with one attached hydrogen (secondary N) is 2. The van der Waals surface area contributed by atoms with Gasteiger partial charge in [0, 0.05) is 19.5 Å². The summed E-state index contributed by atoms with van der Waals surface area (Å²) in [7, 11) is 1.53. The molecule has 1 aliphatic rings. The van der Waals surface area contributed by atoms with Crippen LogP contribution in [0.5, 0.6) is 5.75 Å². The van der Waals surface area contributed by atoms with E-state index in [-0.39, 0.29) is 11.9 Å². The Morgan fingerprint density at radius 1 is 1.48 bits per heavy atom. The number of hydrogen-bond donors (Lipinski definition) is 3. The molecule has 122 valence electrons. The number of hydrogen-bond acceptors (Lipinski definition) is 5. The molecule has 1 unspecified atom stereocenters. The Morgan fingerprint density at radius 2 is 2.17 bits per heavy atom. The number of aliphatic hydroxyl groups is 1. The number of aliphatic imine (C=N–C) groups is 1. The summed E-state index contributed by atoms with van der Waals surface area (Å²) in [6.07, 6.45) is -0.908. The molecular weight excluding hydrogens is 296 g/mol. The van der Waals surface area contributed by atoms with Gasteiger partial charge in [0.1, 0.15) is 17.5 Å². The van der Waals surface area contributed by atoms with Gasteiger partial charge in [-0.2, -0.15) is 5.26 Å². The maximum absolute atomic E-state index is 11.2. The summed E-state index contributed by atoms with van der Waals surface area (Å²) in [6, 6.07) is 6.52. The molecule has 0 saturated heterocycles. The van der Waals surface area contributed by atoms with Crippen LogP contribution in [-0.2, 0) is 4.79 Å². The average Bonchev–Trinajstić information content (AvgIpc) is 2.49. The highest BCUT2D eigenvalue weighted by Gasteiger charge is 2.43. The lowest BCUT2D eigenvalue weighted by Crippen LogP contribution is -2.55. The summed E-state index contributed by atoms with van der Waals surface area (Å²) >= 11 is 0. The van der Waals surface area contributed by atoms with E-state index in [1.165, 1.54) is 14.0 Å². The molecule has 0 saturated carbocycles. The average molecular weight is 316 g/mol. The summed E-state index contributed by atoms with van der Waals surface area (Å²) in [5.74, 6) is 0.549. The molecule has 7 heteroatoms. The van der Waals surface area contributed by atoms with E-state index < -0.39 is 17.7 Å². The Hall–Kier alpha value is -2.59. The van der Waals surface area contributed by atoms with Gasteiger partial charge < -0.3 is 15.2 Å². The number of aliphatic hydroxyl groups excluding tert-OH is 1. The molecule has 7 nitrogen and oxygen atoms in total. The van der Waals surface area contributed by atoms with Gasteiger partial charge in [0.05, 0.1) is 17.7 Å². The first-order valence-electron chi connectivity index (χ1n) is 7.20. The SMILES string of the molecule is CN=C(NC(C)=O)NC1c2cc(C#N)ccc2OC(C)(C)[C@H]1O. The molecule has 0 bridgehead atoms. The van der Waals surface area contributed by atoms with Crippen LogP contribution < -0.4 is 15.4 Å². The Bertz CT molecular complexity index is 691. The van der Waals surface area contributed by atoms with E-state index in [2.05, 4.69) is 21.7 Å². The fraction of sp³-hybridized carbons (Fsp3) is 0.438. The van der Waals surface area contributed by atoms with E-state index in [1.54, 1.807) is 32.0 Å². The minimum atomic E-state index is -0.908. The van der Waals surface area contributed by atoms with Crippen molar-refractivity contribution in [3.05, 3.63) is 29.3 Å². The van der Waals surface area contributed by atoms with Gasteiger partial charge in [0.2, 0.25) is 5.91 Å². The van der Waals surface area contributed by atoms with Crippen LogP contribution >= 0.6 is 0 Å². The van der Waals surface area contributed by atoms with Crippen molar-refractivity contribution in [1.82, 2.24) is 10.6 Å². The van der Waals surface area contributed by atoms with Crippen LogP contribution in [0.3, 0.4) is 0 Å². The van der Waals surface area contributed by atoms with Crippen molar-refractivity contribution < 1.29 is 14.6 Å². The first-order valence-corrected chi connectivity index (χ1v) is 7.20. The lowest BCUT2D eigenvalue weighted by Gasteiger charge is -2.42. The number of nitrogens with zero attached hydrogens (tertiary/aromatic N) is 2. The molecule has 0 spiro atoms. The number of fused-ring (bicyclic) bond motifs is 1. The first kappa shape index (κ1) is 16.8. The van der Waals surface area contributed by atoms with Gasteiger partial charge in [0.15, 0.2) is 5.96 Å². The Morgan fingerprint density at radius 3 is 2.74 bits per heavy atom. The number of ether oxygens (including phenoxy) is 1. The maximum Gasteiger partial charge on any atom is 0.223 e. The fourth-order valence-corrected chi connectivity index (χ4v) is 2.50. The molecule has 1 aromatic rings. The molecule has 2 atom stereocenters. The van der Waals surface area contributed by atoms with Crippen LogP contribution in [0, 0.1) is 11.3 Å². The topological polar surface area (TPSA) is 107 Å². The van der Waals surface area contributed by atoms with E-state index in [1.807, 2.05) is 0 Å². The van der Waals surface area contributed by atoms with Gasteiger partial charge >= 0.3 is 0 Å². The zero-order chi connectivity index (χ0) is 17.2. The molecular formula is C16H20N4O3. The molecule has 1 amide bonds. The van der Waals surface area contributed by atoms with Gasteiger partial charge in [-0.3, -0.25) is 15.1 Å². The molecule has 23 heavy (non-hydrogen) atoms. The van der Waals surface area contributed by atoms with Gasteiger partial charge in [0.25, 0.3) is 0 Å². The number of benzene rings is 1. The minimum absolute atomic E-state index is 0.243. The summed E-state index contributed by atoms with van der Waals surface area (Å²) in [5, 5.41) is 25.3. The van der Waals surface area contributed by atoms with E-state index >= 15 is 0 Å². The summed E-state index contributed by atoms with van der Waals surface area (Å²) < 4.78 is 5.83. The second-order valence-corrected chi connectivity index (χ2v) is 5.89. The maximum atomic E-state index is 11.2. The van der Waals surface area contributed by atoms with E-state index in [9.17, 15) is 9.90 Å². The van der Waals surface area contributed by atoms with Crippen LogP contribution in [0.25, 0.3) is 0 Å². The predicted molar refractivity (Wildman–Crippen MR) is 84.9 cm³/mol. The molecule has 3 N–H and O–H groups in total. The third kappa shape index (κ3) is 3.43. The lowest BCUT2D eigenvalue weighted by atomic mass is 9.86. The zero-order valence-corrected chi connectivity index (χ0v) is 13.5. The predicted octanol–water partition coefficient (Wildman–Crippen LogP) is 0.843. The van der Waals surface area contributed by atoms with Crippen molar-refractivity contribution in [2.45, 2.75) is 38.5 Å². The third-order valence-electron chi connectivity index (χ3n) is 3.69. The van der Waals surface area contributed by atoms with E-state index in [0.717, 1.165) is 0 Å². The van der Waals surface area contributed by atoms with Crippen LogP contribution in [-0.4, -0.2) is 35.7 Å².